The molecule has 0 radical (unpaired) electrons. The third-order valence-corrected chi connectivity index (χ3v) is 5.97. The monoisotopic (exact) mass is 364 g/mol. The molecule has 128 valence electrons. The molecule has 1 saturated heterocycles. The number of thioether (sulfide) groups is 1. The lowest BCUT2D eigenvalue weighted by Crippen LogP contribution is -2.40. The molecule has 0 aromatic carbocycles. The number of nitrogens with zero attached hydrogens (tertiary/aromatic N) is 3. The number of H-pyrrole nitrogens is 1. The Morgan fingerprint density at radius 3 is 3.21 bits per heavy atom. The molecule has 2 aromatic rings. The van der Waals surface area contributed by atoms with Gasteiger partial charge in [0.2, 0.25) is 5.91 Å². The summed E-state index contributed by atoms with van der Waals surface area (Å²) in [5, 5.41) is 1.97. The first kappa shape index (κ1) is 17.2. The van der Waals surface area contributed by atoms with Crippen molar-refractivity contribution in [3.63, 3.8) is 0 Å². The van der Waals surface area contributed by atoms with Crippen molar-refractivity contribution in [3.8, 4) is 0 Å². The summed E-state index contributed by atoms with van der Waals surface area (Å²) in [5.74, 6) is 1.22. The second-order valence-electron chi connectivity index (χ2n) is 5.73. The highest BCUT2D eigenvalue weighted by Gasteiger charge is 2.26. The van der Waals surface area contributed by atoms with Gasteiger partial charge >= 0.3 is 0 Å². The molecule has 6 nitrogen and oxygen atoms in total. The number of hydrogen-bond acceptors (Lipinski definition) is 6. The summed E-state index contributed by atoms with van der Waals surface area (Å²) in [6.45, 7) is 3.47. The van der Waals surface area contributed by atoms with Gasteiger partial charge in [-0.1, -0.05) is 18.7 Å². The van der Waals surface area contributed by atoms with Gasteiger partial charge in [-0.25, -0.2) is 9.97 Å². The number of hydrogen-bond donors (Lipinski definition) is 1. The second kappa shape index (κ2) is 7.94. The zero-order valence-corrected chi connectivity index (χ0v) is 15.2. The third kappa shape index (κ3) is 4.24. The lowest BCUT2D eigenvalue weighted by Gasteiger charge is -2.32. The molecule has 1 unspecified atom stereocenters. The number of carbonyl (C=O) groups is 1. The number of nitrogens with one attached hydrogen (secondary N) is 1. The number of thiazole rings is 1. The lowest BCUT2D eigenvalue weighted by atomic mass is 9.94. The number of rotatable bonds is 5. The van der Waals surface area contributed by atoms with Crippen molar-refractivity contribution in [2.75, 3.05) is 18.8 Å². The number of amides is 1. The summed E-state index contributed by atoms with van der Waals surface area (Å²) in [4.78, 5) is 37.2. The van der Waals surface area contributed by atoms with E-state index in [2.05, 4.69) is 21.9 Å². The zero-order valence-electron chi connectivity index (χ0n) is 13.5. The first-order valence-corrected chi connectivity index (χ1v) is 9.92. The molecule has 0 bridgehead atoms. The first-order valence-electron chi connectivity index (χ1n) is 8.05. The summed E-state index contributed by atoms with van der Waals surface area (Å²) in [6.07, 6.45) is 3.66. The van der Waals surface area contributed by atoms with E-state index in [1.54, 1.807) is 23.1 Å². The van der Waals surface area contributed by atoms with Crippen LogP contribution in [-0.2, 0) is 11.2 Å². The standard InChI is InChI=1S/C16H20N4O2S2/c1-2-23-16-19-12(9-24-16)6-15(22)20-5-3-4-11(8-20)13-7-14(21)18-10-17-13/h7,9-11H,2-6,8H2,1H3,(H,17,18,21). The average Bonchev–Trinajstić information content (AvgIpc) is 3.02. The van der Waals surface area contributed by atoms with E-state index in [9.17, 15) is 9.59 Å². The van der Waals surface area contributed by atoms with Gasteiger partial charge in [-0.15, -0.1) is 11.3 Å². The van der Waals surface area contributed by atoms with Crippen LogP contribution in [0.15, 0.2) is 26.9 Å². The SMILES string of the molecule is CCSc1nc(CC(=O)N2CCCC(c3cc(=O)[nH]cn3)C2)cs1. The fourth-order valence-corrected chi connectivity index (χ4v) is 4.62. The minimum Gasteiger partial charge on any atom is -0.342 e. The Morgan fingerprint density at radius 1 is 1.54 bits per heavy atom. The average molecular weight is 364 g/mol. The van der Waals surface area contributed by atoms with Crippen molar-refractivity contribution in [1.29, 1.82) is 0 Å². The van der Waals surface area contributed by atoms with Gasteiger partial charge in [0.05, 0.1) is 24.1 Å². The van der Waals surface area contributed by atoms with Gasteiger partial charge < -0.3 is 9.88 Å². The number of aromatic amines is 1. The third-order valence-electron chi connectivity index (χ3n) is 4.02. The van der Waals surface area contributed by atoms with Crippen molar-refractivity contribution < 1.29 is 4.79 Å². The molecule has 2 aromatic heterocycles. The fraction of sp³-hybridized carbons (Fsp3) is 0.500. The van der Waals surface area contributed by atoms with Crippen molar-refractivity contribution in [3.05, 3.63) is 39.5 Å². The Kier molecular flexibility index (Phi) is 5.68. The van der Waals surface area contributed by atoms with Gasteiger partial charge in [-0.2, -0.15) is 0 Å². The number of likely N-dealkylation sites (tertiary alicyclic amines) is 1. The highest BCUT2D eigenvalue weighted by atomic mass is 32.2. The van der Waals surface area contributed by atoms with Crippen LogP contribution in [0.25, 0.3) is 0 Å². The van der Waals surface area contributed by atoms with Crippen LogP contribution in [0.3, 0.4) is 0 Å². The number of piperidine rings is 1. The Balaban J connectivity index is 1.63. The predicted octanol–water partition coefficient (Wildman–Crippen LogP) is 2.29. The Morgan fingerprint density at radius 2 is 2.42 bits per heavy atom. The number of aromatic nitrogens is 3. The van der Waals surface area contributed by atoms with Crippen molar-refractivity contribution in [1.82, 2.24) is 19.9 Å². The largest absolute Gasteiger partial charge is 0.342 e. The summed E-state index contributed by atoms with van der Waals surface area (Å²) >= 11 is 3.29. The minimum atomic E-state index is -0.146. The maximum atomic E-state index is 12.6. The van der Waals surface area contributed by atoms with E-state index < -0.39 is 0 Å². The van der Waals surface area contributed by atoms with Gasteiger partial charge in [-0.3, -0.25) is 9.59 Å². The van der Waals surface area contributed by atoms with Gasteiger partial charge in [0.15, 0.2) is 0 Å². The Bertz CT molecular complexity index is 758. The zero-order chi connectivity index (χ0) is 16.9. The number of carbonyl (C=O) groups excluding carboxylic acids is 1. The summed E-state index contributed by atoms with van der Waals surface area (Å²) in [7, 11) is 0. The molecular weight excluding hydrogens is 344 g/mol. The molecule has 1 aliphatic heterocycles. The van der Waals surface area contributed by atoms with Crippen LogP contribution in [0.5, 0.6) is 0 Å². The summed E-state index contributed by atoms with van der Waals surface area (Å²) in [5.41, 5.74) is 1.47. The van der Waals surface area contributed by atoms with Crippen LogP contribution in [0.1, 0.15) is 37.1 Å². The molecule has 8 heteroatoms. The normalized spacial score (nSPS) is 17.9. The van der Waals surface area contributed by atoms with E-state index in [1.165, 1.54) is 12.4 Å². The molecule has 0 aliphatic carbocycles. The van der Waals surface area contributed by atoms with Gasteiger partial charge in [0, 0.05) is 30.5 Å². The summed E-state index contributed by atoms with van der Waals surface area (Å²) in [6, 6.07) is 1.54. The van der Waals surface area contributed by atoms with Crippen LogP contribution in [0.4, 0.5) is 0 Å². The van der Waals surface area contributed by atoms with E-state index in [1.807, 2.05) is 10.3 Å². The van der Waals surface area contributed by atoms with E-state index in [-0.39, 0.29) is 17.4 Å². The van der Waals surface area contributed by atoms with Gasteiger partial charge in [0.25, 0.3) is 5.56 Å². The topological polar surface area (TPSA) is 79.0 Å². The van der Waals surface area contributed by atoms with Gasteiger partial charge in [0.1, 0.15) is 4.34 Å². The molecule has 3 rings (SSSR count). The Hall–Kier alpha value is -1.67. The lowest BCUT2D eigenvalue weighted by molar-refractivity contribution is -0.131. The Labute approximate surface area is 148 Å². The molecule has 0 saturated carbocycles. The van der Waals surface area contributed by atoms with E-state index in [0.29, 0.717) is 13.0 Å². The molecule has 24 heavy (non-hydrogen) atoms. The second-order valence-corrected chi connectivity index (χ2v) is 8.10. The maximum absolute atomic E-state index is 12.6. The van der Waals surface area contributed by atoms with Crippen LogP contribution in [0, 0.1) is 0 Å². The van der Waals surface area contributed by atoms with Crippen LogP contribution < -0.4 is 5.56 Å². The highest BCUT2D eigenvalue weighted by molar-refractivity contribution is 8.00. The molecule has 1 N–H and O–H groups in total. The van der Waals surface area contributed by atoms with Crippen LogP contribution >= 0.6 is 23.1 Å². The summed E-state index contributed by atoms with van der Waals surface area (Å²) < 4.78 is 1.02. The molecule has 1 atom stereocenters. The van der Waals surface area contributed by atoms with E-state index in [0.717, 1.165) is 40.9 Å². The van der Waals surface area contributed by atoms with E-state index >= 15 is 0 Å². The predicted molar refractivity (Wildman–Crippen MR) is 95.6 cm³/mol. The van der Waals surface area contributed by atoms with Crippen molar-refractivity contribution in [2.45, 2.75) is 36.4 Å². The van der Waals surface area contributed by atoms with Crippen LogP contribution in [-0.4, -0.2) is 44.6 Å². The molecule has 1 fully saturated rings. The van der Waals surface area contributed by atoms with Crippen LogP contribution in [0.2, 0.25) is 0 Å². The van der Waals surface area contributed by atoms with Crippen molar-refractivity contribution >= 4 is 29.0 Å². The van der Waals surface area contributed by atoms with E-state index in [4.69, 9.17) is 0 Å². The fourth-order valence-electron chi connectivity index (χ4n) is 2.88. The smallest absolute Gasteiger partial charge is 0.250 e. The molecule has 1 aliphatic rings. The molecule has 1 amide bonds. The molecule has 3 heterocycles. The molecule has 0 spiro atoms. The molecular formula is C16H20N4O2S2. The first-order chi connectivity index (χ1) is 11.7. The van der Waals surface area contributed by atoms with Gasteiger partial charge in [-0.05, 0) is 18.6 Å². The quantitative estimate of drug-likeness (QED) is 0.824. The minimum absolute atomic E-state index is 0.0999. The van der Waals surface area contributed by atoms with Crippen molar-refractivity contribution in [2.24, 2.45) is 0 Å². The highest BCUT2D eigenvalue weighted by Crippen LogP contribution is 2.26. The maximum Gasteiger partial charge on any atom is 0.250 e.